The number of aliphatic hydroxyl groups is 1. The topological polar surface area (TPSA) is 245 Å². The monoisotopic (exact) mass is 511 g/mol. The SMILES string of the molecule is NCCNS(=O)(=O)c1ccc(-c2cccc(NC[C@@H](N)CO)c2)c(-c2nn[nH]n2)c1S(N)(=O)=O. The van der Waals surface area contributed by atoms with Crippen molar-refractivity contribution >= 4 is 25.7 Å². The van der Waals surface area contributed by atoms with Crippen molar-refractivity contribution in [1.29, 1.82) is 0 Å². The second kappa shape index (κ2) is 10.5. The van der Waals surface area contributed by atoms with Crippen LogP contribution in [0.5, 0.6) is 0 Å². The third-order valence-corrected chi connectivity index (χ3v) is 7.30. The molecule has 184 valence electrons. The zero-order valence-corrected chi connectivity index (χ0v) is 19.5. The second-order valence-corrected chi connectivity index (χ2v) is 10.4. The van der Waals surface area contributed by atoms with Crippen LogP contribution in [0, 0.1) is 0 Å². The number of tetrazole rings is 1. The number of aromatic amines is 1. The Hall–Kier alpha value is -2.99. The van der Waals surface area contributed by atoms with Crippen molar-refractivity contribution in [2.24, 2.45) is 16.6 Å². The molecule has 3 aromatic rings. The standard InChI is InChI=1S/C18H25N9O5S2/c19-6-7-23-34(31,32)15-5-4-14(11-2-1-3-13(8-11)22-9-12(20)10-28)16(17(15)33(21,29)30)18-24-26-27-25-18/h1-5,8,12,22-23,28H,6-7,9-10,19-20H2,(H2,21,29,30)(H,24,25,26,27)/t12-/m1/s1. The molecule has 0 bridgehead atoms. The number of sulfonamides is 2. The summed E-state index contributed by atoms with van der Waals surface area (Å²) in [6.07, 6.45) is 0. The van der Waals surface area contributed by atoms with E-state index in [1.807, 2.05) is 0 Å². The van der Waals surface area contributed by atoms with E-state index in [1.54, 1.807) is 24.3 Å². The molecule has 1 atom stereocenters. The van der Waals surface area contributed by atoms with E-state index < -0.39 is 35.9 Å². The van der Waals surface area contributed by atoms with Gasteiger partial charge in [0, 0.05) is 31.4 Å². The first kappa shape index (κ1) is 25.6. The maximum Gasteiger partial charge on any atom is 0.241 e. The van der Waals surface area contributed by atoms with Gasteiger partial charge in [-0.25, -0.2) is 26.7 Å². The number of nitrogens with zero attached hydrogens (tertiary/aromatic N) is 3. The number of aromatic nitrogens is 4. The van der Waals surface area contributed by atoms with Crippen molar-refractivity contribution in [2.75, 3.05) is 31.6 Å². The maximum absolute atomic E-state index is 12.9. The Morgan fingerprint density at radius 3 is 2.53 bits per heavy atom. The van der Waals surface area contributed by atoms with Crippen molar-refractivity contribution in [3.63, 3.8) is 0 Å². The van der Waals surface area contributed by atoms with E-state index in [4.69, 9.17) is 21.7 Å². The first-order valence-corrected chi connectivity index (χ1v) is 13.0. The summed E-state index contributed by atoms with van der Waals surface area (Å²) in [6.45, 7) is -0.0422. The zero-order valence-electron chi connectivity index (χ0n) is 17.8. The number of aliphatic hydroxyl groups excluding tert-OH is 1. The van der Waals surface area contributed by atoms with Crippen LogP contribution in [0.3, 0.4) is 0 Å². The summed E-state index contributed by atoms with van der Waals surface area (Å²) in [5, 5.41) is 31.1. The molecule has 0 aliphatic carbocycles. The minimum Gasteiger partial charge on any atom is -0.395 e. The van der Waals surface area contributed by atoms with Gasteiger partial charge < -0.3 is 21.9 Å². The fourth-order valence-corrected chi connectivity index (χ4v) is 5.82. The van der Waals surface area contributed by atoms with Gasteiger partial charge in [-0.1, -0.05) is 18.2 Å². The Morgan fingerprint density at radius 1 is 1.15 bits per heavy atom. The molecular formula is C18H25N9O5S2. The van der Waals surface area contributed by atoms with Crippen LogP contribution in [0.25, 0.3) is 22.5 Å². The molecule has 0 amide bonds. The summed E-state index contributed by atoms with van der Waals surface area (Å²) in [7, 11) is -8.90. The molecule has 14 nitrogen and oxygen atoms in total. The van der Waals surface area contributed by atoms with Gasteiger partial charge in [0.2, 0.25) is 25.9 Å². The number of hydrogen-bond donors (Lipinski definition) is 7. The van der Waals surface area contributed by atoms with E-state index in [-0.39, 0.29) is 37.6 Å². The van der Waals surface area contributed by atoms with Gasteiger partial charge in [-0.15, -0.1) is 10.2 Å². The van der Waals surface area contributed by atoms with Crippen LogP contribution in [0.2, 0.25) is 0 Å². The van der Waals surface area contributed by atoms with Gasteiger partial charge in [0.1, 0.15) is 9.79 Å². The molecule has 0 saturated heterocycles. The molecule has 16 heteroatoms. The molecular weight excluding hydrogens is 486 g/mol. The average molecular weight is 512 g/mol. The van der Waals surface area contributed by atoms with Crippen molar-refractivity contribution in [2.45, 2.75) is 15.8 Å². The maximum atomic E-state index is 12.9. The highest BCUT2D eigenvalue weighted by atomic mass is 32.2. The van der Waals surface area contributed by atoms with E-state index in [1.165, 1.54) is 6.07 Å². The lowest BCUT2D eigenvalue weighted by Gasteiger charge is -2.17. The van der Waals surface area contributed by atoms with Crippen LogP contribution < -0.4 is 26.6 Å². The van der Waals surface area contributed by atoms with Gasteiger partial charge in [-0.05, 0) is 34.5 Å². The van der Waals surface area contributed by atoms with Crippen molar-refractivity contribution in [3.8, 4) is 22.5 Å². The summed E-state index contributed by atoms with van der Waals surface area (Å²) in [6, 6.07) is 8.90. The molecule has 0 spiro atoms. The van der Waals surface area contributed by atoms with E-state index in [0.717, 1.165) is 6.07 Å². The fourth-order valence-electron chi connectivity index (χ4n) is 3.17. The summed E-state index contributed by atoms with van der Waals surface area (Å²) in [5.74, 6) is -0.171. The van der Waals surface area contributed by atoms with Gasteiger partial charge >= 0.3 is 0 Å². The van der Waals surface area contributed by atoms with Gasteiger partial charge in [0.25, 0.3) is 0 Å². The highest BCUT2D eigenvalue weighted by Crippen LogP contribution is 2.39. The fraction of sp³-hybridized carbons (Fsp3) is 0.278. The largest absolute Gasteiger partial charge is 0.395 e. The van der Waals surface area contributed by atoms with Crippen molar-refractivity contribution in [3.05, 3.63) is 36.4 Å². The molecule has 0 saturated carbocycles. The number of primary sulfonamides is 1. The Balaban J connectivity index is 2.26. The minimum atomic E-state index is -4.60. The van der Waals surface area contributed by atoms with E-state index in [0.29, 0.717) is 16.8 Å². The number of rotatable bonds is 11. The normalized spacial score (nSPS) is 13.1. The van der Waals surface area contributed by atoms with Crippen LogP contribution in [0.4, 0.5) is 5.69 Å². The highest BCUT2D eigenvalue weighted by Gasteiger charge is 2.31. The van der Waals surface area contributed by atoms with E-state index >= 15 is 0 Å². The molecule has 0 aliphatic rings. The number of nitrogens with one attached hydrogen (secondary N) is 3. The number of hydrogen-bond acceptors (Lipinski definition) is 11. The van der Waals surface area contributed by atoms with Crippen LogP contribution in [-0.2, 0) is 20.0 Å². The summed E-state index contributed by atoms with van der Waals surface area (Å²) in [5.41, 5.74) is 12.4. The summed E-state index contributed by atoms with van der Waals surface area (Å²) < 4.78 is 53.3. The third-order valence-electron chi connectivity index (χ3n) is 4.68. The Labute approximate surface area is 196 Å². The Kier molecular flexibility index (Phi) is 7.93. The van der Waals surface area contributed by atoms with Crippen LogP contribution >= 0.6 is 0 Å². The molecule has 1 aromatic heterocycles. The van der Waals surface area contributed by atoms with Crippen molar-refractivity contribution < 1.29 is 21.9 Å². The van der Waals surface area contributed by atoms with Crippen LogP contribution in [-0.4, -0.2) is 74.8 Å². The summed E-state index contributed by atoms with van der Waals surface area (Å²) in [4.78, 5) is -1.26. The number of benzene rings is 2. The summed E-state index contributed by atoms with van der Waals surface area (Å²) >= 11 is 0. The molecule has 0 aliphatic heterocycles. The molecule has 10 N–H and O–H groups in total. The van der Waals surface area contributed by atoms with Gasteiger partial charge in [-0.2, -0.15) is 5.21 Å². The lowest BCUT2D eigenvalue weighted by molar-refractivity contribution is 0.270. The van der Waals surface area contributed by atoms with Crippen molar-refractivity contribution in [1.82, 2.24) is 25.3 Å². The number of anilines is 1. The molecule has 3 rings (SSSR count). The predicted octanol–water partition coefficient (Wildman–Crippen LogP) is -1.85. The zero-order chi connectivity index (χ0) is 24.9. The quantitative estimate of drug-likeness (QED) is 0.150. The van der Waals surface area contributed by atoms with Crippen LogP contribution in [0.1, 0.15) is 0 Å². The average Bonchev–Trinajstić information content (AvgIpc) is 3.34. The Bertz CT molecular complexity index is 1350. The van der Waals surface area contributed by atoms with E-state index in [2.05, 4.69) is 30.7 Å². The first-order valence-electron chi connectivity index (χ1n) is 9.92. The van der Waals surface area contributed by atoms with Gasteiger partial charge in [0.15, 0.2) is 0 Å². The predicted molar refractivity (Wildman–Crippen MR) is 124 cm³/mol. The Morgan fingerprint density at radius 2 is 1.91 bits per heavy atom. The third kappa shape index (κ3) is 5.73. The molecule has 1 heterocycles. The lowest BCUT2D eigenvalue weighted by Crippen LogP contribution is -2.32. The molecule has 0 fully saturated rings. The smallest absolute Gasteiger partial charge is 0.241 e. The molecule has 2 aromatic carbocycles. The van der Waals surface area contributed by atoms with Gasteiger partial charge in [0.05, 0.1) is 12.2 Å². The van der Waals surface area contributed by atoms with E-state index in [9.17, 15) is 16.8 Å². The molecule has 0 radical (unpaired) electrons. The highest BCUT2D eigenvalue weighted by molar-refractivity contribution is 7.92. The minimum absolute atomic E-state index is 0.000544. The molecule has 0 unspecified atom stereocenters. The van der Waals surface area contributed by atoms with Crippen LogP contribution in [0.15, 0.2) is 46.2 Å². The first-order chi connectivity index (χ1) is 16.1. The molecule has 34 heavy (non-hydrogen) atoms. The lowest BCUT2D eigenvalue weighted by atomic mass is 9.98. The van der Waals surface area contributed by atoms with Gasteiger partial charge in [-0.3, -0.25) is 0 Å². The number of nitrogens with two attached hydrogens (primary N) is 3. The second-order valence-electron chi connectivity index (χ2n) is 7.19. The number of H-pyrrole nitrogens is 1.